The molecule has 0 saturated heterocycles. The van der Waals surface area contributed by atoms with Crippen LogP contribution in [0.4, 0.5) is 11.4 Å². The Bertz CT molecular complexity index is 1920. The number of carbonyl (C=O) groups is 2. The number of nitrogens with one attached hydrogen (secondary N) is 1. The summed E-state index contributed by atoms with van der Waals surface area (Å²) in [7, 11) is 5.38. The molecule has 0 atom stereocenters. The third-order valence-corrected chi connectivity index (χ3v) is 8.68. The fourth-order valence-electron chi connectivity index (χ4n) is 5.94. The van der Waals surface area contributed by atoms with Gasteiger partial charge in [0, 0.05) is 55.3 Å². The SMILES string of the molecule is COc1cc2c(cc1C=O)C=CN(c1cccc(-c3cccc(NC(=O)c4nc5c(n4C)CCN(C)C5)c3Cl)c1C)C2=C=O. The number of benzene rings is 3. The number of nitrogens with zero attached hydrogens (tertiary/aromatic N) is 4. The van der Waals surface area contributed by atoms with Crippen LogP contribution in [-0.4, -0.2) is 53.3 Å². The first-order chi connectivity index (χ1) is 21.2. The van der Waals surface area contributed by atoms with Gasteiger partial charge in [-0.15, -0.1) is 0 Å². The van der Waals surface area contributed by atoms with Crippen LogP contribution < -0.4 is 15.0 Å². The Morgan fingerprint density at radius 2 is 1.89 bits per heavy atom. The lowest BCUT2D eigenvalue weighted by Crippen LogP contribution is -2.27. The number of rotatable bonds is 6. The second-order valence-corrected chi connectivity index (χ2v) is 11.3. The lowest BCUT2D eigenvalue weighted by Gasteiger charge is -2.29. The quantitative estimate of drug-likeness (QED) is 0.219. The number of anilines is 2. The van der Waals surface area contributed by atoms with Crippen molar-refractivity contribution in [3.05, 3.63) is 99.2 Å². The van der Waals surface area contributed by atoms with Gasteiger partial charge in [0.1, 0.15) is 11.4 Å². The molecule has 4 aromatic rings. The summed E-state index contributed by atoms with van der Waals surface area (Å²) in [5.41, 5.74) is 7.60. The number of fused-ring (bicyclic) bond motifs is 2. The second kappa shape index (κ2) is 11.6. The summed E-state index contributed by atoms with van der Waals surface area (Å²) in [5.74, 6) is 2.46. The molecule has 0 bridgehead atoms. The number of aromatic nitrogens is 2. The molecule has 3 aromatic carbocycles. The maximum absolute atomic E-state index is 13.4. The van der Waals surface area contributed by atoms with Crippen LogP contribution in [0.25, 0.3) is 22.9 Å². The molecular weight excluding hydrogens is 578 g/mol. The maximum atomic E-state index is 13.4. The molecule has 2 aliphatic heterocycles. The normalized spacial score (nSPS) is 14.1. The van der Waals surface area contributed by atoms with Crippen molar-refractivity contribution in [1.29, 1.82) is 0 Å². The largest absolute Gasteiger partial charge is 0.496 e. The number of ether oxygens (including phenoxy) is 1. The van der Waals surface area contributed by atoms with Gasteiger partial charge in [-0.05, 0) is 61.0 Å². The van der Waals surface area contributed by atoms with Crippen LogP contribution in [0.15, 0.2) is 54.7 Å². The molecule has 0 unspecified atom stereocenters. The van der Waals surface area contributed by atoms with E-state index >= 15 is 0 Å². The van der Waals surface area contributed by atoms with Crippen molar-refractivity contribution >= 4 is 52.9 Å². The first kappa shape index (κ1) is 29.1. The van der Waals surface area contributed by atoms with Crippen molar-refractivity contribution in [2.75, 3.05) is 30.9 Å². The highest BCUT2D eigenvalue weighted by Gasteiger charge is 2.26. The summed E-state index contributed by atoms with van der Waals surface area (Å²) in [6.45, 7) is 3.57. The van der Waals surface area contributed by atoms with E-state index in [-0.39, 0.29) is 11.6 Å². The van der Waals surface area contributed by atoms with Crippen LogP contribution in [0.2, 0.25) is 5.02 Å². The van der Waals surface area contributed by atoms with Crippen LogP contribution in [0.1, 0.15) is 49.1 Å². The number of halogens is 1. The molecule has 222 valence electrons. The summed E-state index contributed by atoms with van der Waals surface area (Å²) in [4.78, 5) is 45.8. The van der Waals surface area contributed by atoms with Gasteiger partial charge in [0.05, 0.1) is 29.1 Å². The van der Waals surface area contributed by atoms with Gasteiger partial charge in [0.15, 0.2) is 18.1 Å². The van der Waals surface area contributed by atoms with E-state index in [1.54, 1.807) is 29.3 Å². The standard InChI is InChI=1S/C34H30ClN5O4/c1-20-23(7-6-10-28(20)40-14-11-21-15-22(18-41)31(44-4)16-25(21)30(40)19-42)24-8-5-9-26(32(24)35)37-34(43)33-36-27-17-38(2)13-12-29(27)39(33)3/h5-11,14-16,18H,12-13,17H2,1-4H3,(H,37,43). The van der Waals surface area contributed by atoms with Crippen LogP contribution >= 0.6 is 11.6 Å². The zero-order valence-electron chi connectivity index (χ0n) is 24.8. The van der Waals surface area contributed by atoms with Crippen LogP contribution in [-0.2, 0) is 24.8 Å². The molecule has 6 rings (SSSR count). The van der Waals surface area contributed by atoms with Gasteiger partial charge in [0.25, 0.3) is 5.91 Å². The monoisotopic (exact) mass is 607 g/mol. The number of hydrogen-bond donors (Lipinski definition) is 1. The lowest BCUT2D eigenvalue weighted by atomic mass is 9.95. The second-order valence-electron chi connectivity index (χ2n) is 10.9. The van der Waals surface area contributed by atoms with Gasteiger partial charge in [-0.3, -0.25) is 9.59 Å². The third kappa shape index (κ3) is 4.91. The molecular formula is C34H30ClN5O4. The van der Waals surface area contributed by atoms with Crippen molar-refractivity contribution in [3.63, 3.8) is 0 Å². The molecule has 2 aliphatic rings. The fraction of sp³-hybridized carbons (Fsp3) is 0.206. The molecule has 1 amide bonds. The van der Waals surface area contributed by atoms with Crippen LogP contribution in [0, 0.1) is 6.92 Å². The van der Waals surface area contributed by atoms with Crippen LogP contribution in [0.3, 0.4) is 0 Å². The summed E-state index contributed by atoms with van der Waals surface area (Å²) in [5, 5.41) is 3.35. The molecule has 0 aliphatic carbocycles. The van der Waals surface area contributed by atoms with Gasteiger partial charge in [-0.2, -0.15) is 0 Å². The number of methoxy groups -OCH3 is 1. The minimum atomic E-state index is -0.333. The summed E-state index contributed by atoms with van der Waals surface area (Å²) in [6, 6.07) is 14.6. The number of imidazole rings is 1. The minimum absolute atomic E-state index is 0.287. The van der Waals surface area contributed by atoms with E-state index in [4.69, 9.17) is 16.3 Å². The van der Waals surface area contributed by atoms with Gasteiger partial charge >= 0.3 is 0 Å². The molecule has 0 spiro atoms. The third-order valence-electron chi connectivity index (χ3n) is 8.28. The first-order valence-corrected chi connectivity index (χ1v) is 14.5. The van der Waals surface area contributed by atoms with E-state index in [0.717, 1.165) is 53.0 Å². The predicted molar refractivity (Wildman–Crippen MR) is 172 cm³/mol. The highest BCUT2D eigenvalue weighted by atomic mass is 35.5. The highest BCUT2D eigenvalue weighted by molar-refractivity contribution is 6.36. The van der Waals surface area contributed by atoms with Gasteiger partial charge < -0.3 is 24.4 Å². The minimum Gasteiger partial charge on any atom is -0.496 e. The van der Waals surface area contributed by atoms with E-state index < -0.39 is 0 Å². The zero-order valence-corrected chi connectivity index (χ0v) is 25.5. The Morgan fingerprint density at radius 3 is 2.64 bits per heavy atom. The smallest absolute Gasteiger partial charge is 0.291 e. The zero-order chi connectivity index (χ0) is 31.1. The Morgan fingerprint density at radius 1 is 1.11 bits per heavy atom. The average molecular weight is 608 g/mol. The topological polar surface area (TPSA) is 96.8 Å². The van der Waals surface area contributed by atoms with Gasteiger partial charge in [-0.1, -0.05) is 35.9 Å². The average Bonchev–Trinajstić information content (AvgIpc) is 3.36. The van der Waals surface area contributed by atoms with E-state index in [9.17, 15) is 14.4 Å². The Labute approximate surface area is 260 Å². The molecule has 3 heterocycles. The molecule has 1 N–H and O–H groups in total. The van der Waals surface area contributed by atoms with Crippen molar-refractivity contribution in [2.45, 2.75) is 19.9 Å². The van der Waals surface area contributed by atoms with Crippen molar-refractivity contribution in [3.8, 4) is 16.9 Å². The van der Waals surface area contributed by atoms with Gasteiger partial charge in [-0.25, -0.2) is 9.78 Å². The predicted octanol–water partition coefficient (Wildman–Crippen LogP) is 5.77. The van der Waals surface area contributed by atoms with Crippen molar-refractivity contribution in [1.82, 2.24) is 14.5 Å². The Kier molecular flexibility index (Phi) is 7.69. The summed E-state index contributed by atoms with van der Waals surface area (Å²) in [6.07, 6.45) is 5.17. The highest BCUT2D eigenvalue weighted by Crippen LogP contribution is 2.42. The van der Waals surface area contributed by atoms with Crippen LogP contribution in [0.5, 0.6) is 5.75 Å². The molecule has 0 fully saturated rings. The molecule has 10 heteroatoms. The molecule has 44 heavy (non-hydrogen) atoms. The van der Waals surface area contributed by atoms with Crippen molar-refractivity contribution < 1.29 is 19.1 Å². The Balaban J connectivity index is 1.34. The fourth-order valence-corrected chi connectivity index (χ4v) is 6.22. The maximum Gasteiger partial charge on any atom is 0.291 e. The van der Waals surface area contributed by atoms with E-state index in [2.05, 4.69) is 21.1 Å². The lowest BCUT2D eigenvalue weighted by molar-refractivity contribution is 0.101. The molecule has 0 radical (unpaired) electrons. The number of hydrogen-bond acceptors (Lipinski definition) is 7. The Hall–Kier alpha value is -4.95. The van der Waals surface area contributed by atoms with E-state index in [0.29, 0.717) is 45.5 Å². The number of aldehydes is 1. The van der Waals surface area contributed by atoms with E-state index in [1.807, 2.05) is 62.0 Å². The first-order valence-electron chi connectivity index (χ1n) is 14.1. The molecule has 1 aromatic heterocycles. The number of carbonyl (C=O) groups excluding carboxylic acids is 3. The number of amides is 1. The summed E-state index contributed by atoms with van der Waals surface area (Å²) >= 11 is 6.94. The molecule has 0 saturated carbocycles. The van der Waals surface area contributed by atoms with Gasteiger partial charge in [0.2, 0.25) is 0 Å². The van der Waals surface area contributed by atoms with E-state index in [1.165, 1.54) is 7.11 Å². The number of likely N-dealkylation sites (N-methyl/N-ethyl adjacent to an activating group) is 1. The summed E-state index contributed by atoms with van der Waals surface area (Å²) < 4.78 is 7.24. The molecule has 9 nitrogen and oxygen atoms in total. The van der Waals surface area contributed by atoms with Crippen molar-refractivity contribution in [2.24, 2.45) is 7.05 Å².